The highest BCUT2D eigenvalue weighted by molar-refractivity contribution is 8.14. The van der Waals surface area contributed by atoms with Gasteiger partial charge in [0.15, 0.2) is 0 Å². The highest BCUT2D eigenvalue weighted by atomic mass is 35.7. The topological polar surface area (TPSA) is 43.4 Å². The smallest absolute Gasteiger partial charge is 0.236 e. The summed E-state index contributed by atoms with van der Waals surface area (Å²) in [6, 6.07) is 0. The van der Waals surface area contributed by atoms with Gasteiger partial charge < -0.3 is 4.74 Å². The Morgan fingerprint density at radius 1 is 1.73 bits per heavy atom. The van der Waals surface area contributed by atoms with E-state index in [0.29, 0.717) is 13.0 Å². The molecule has 0 bridgehead atoms. The second-order valence-electron chi connectivity index (χ2n) is 3.26. The summed E-state index contributed by atoms with van der Waals surface area (Å²) in [5, 5.41) is -0.406. The van der Waals surface area contributed by atoms with Crippen LogP contribution in [0.25, 0.3) is 0 Å². The minimum Gasteiger partial charge on any atom is -0.384 e. The van der Waals surface area contributed by atoms with Crippen molar-refractivity contribution in [3.05, 3.63) is 0 Å². The Bertz CT molecular complexity index is 249. The molecule has 3 nitrogen and oxygen atoms in total. The van der Waals surface area contributed by atoms with Crippen LogP contribution < -0.4 is 0 Å². The predicted molar refractivity (Wildman–Crippen MR) is 43.2 cm³/mol. The SMILES string of the molecule is COC[C@@]1(C)C[C@H]1S(=O)(=O)Cl. The zero-order valence-corrected chi connectivity index (χ0v) is 8.07. The Kier molecular flexibility index (Phi) is 2.20. The maximum atomic E-state index is 10.8. The molecule has 0 aromatic heterocycles. The maximum absolute atomic E-state index is 10.8. The van der Waals surface area contributed by atoms with Gasteiger partial charge in [0, 0.05) is 23.2 Å². The van der Waals surface area contributed by atoms with E-state index in [1.54, 1.807) is 7.11 Å². The van der Waals surface area contributed by atoms with Crippen LogP contribution in [-0.4, -0.2) is 27.4 Å². The van der Waals surface area contributed by atoms with Gasteiger partial charge >= 0.3 is 0 Å². The molecule has 1 saturated carbocycles. The van der Waals surface area contributed by atoms with Gasteiger partial charge in [0.25, 0.3) is 0 Å². The van der Waals surface area contributed by atoms with Crippen molar-refractivity contribution in [2.45, 2.75) is 18.6 Å². The van der Waals surface area contributed by atoms with Gasteiger partial charge in [-0.15, -0.1) is 0 Å². The number of methoxy groups -OCH3 is 1. The molecule has 1 fully saturated rings. The fraction of sp³-hybridized carbons (Fsp3) is 1.00. The van der Waals surface area contributed by atoms with Crippen LogP contribution in [0.4, 0.5) is 0 Å². The summed E-state index contributed by atoms with van der Waals surface area (Å²) in [5.41, 5.74) is -0.241. The summed E-state index contributed by atoms with van der Waals surface area (Å²) < 4.78 is 26.5. The lowest BCUT2D eigenvalue weighted by atomic mass is 10.2. The van der Waals surface area contributed by atoms with Gasteiger partial charge in [-0.3, -0.25) is 0 Å². The van der Waals surface area contributed by atoms with E-state index in [4.69, 9.17) is 15.4 Å². The fourth-order valence-electron chi connectivity index (χ4n) is 1.29. The Morgan fingerprint density at radius 2 is 2.27 bits per heavy atom. The third-order valence-corrected chi connectivity index (χ3v) is 4.14. The van der Waals surface area contributed by atoms with Gasteiger partial charge in [-0.1, -0.05) is 6.92 Å². The van der Waals surface area contributed by atoms with Crippen LogP contribution in [-0.2, 0) is 13.8 Å². The number of rotatable bonds is 3. The van der Waals surface area contributed by atoms with Crippen molar-refractivity contribution in [1.82, 2.24) is 0 Å². The third-order valence-electron chi connectivity index (χ3n) is 2.08. The van der Waals surface area contributed by atoms with Crippen LogP contribution in [0.3, 0.4) is 0 Å². The van der Waals surface area contributed by atoms with Crippen molar-refractivity contribution < 1.29 is 13.2 Å². The molecule has 0 aliphatic heterocycles. The molecular weight excluding hydrogens is 188 g/mol. The molecule has 0 amide bonds. The van der Waals surface area contributed by atoms with Crippen molar-refractivity contribution in [2.24, 2.45) is 5.41 Å². The number of hydrogen-bond acceptors (Lipinski definition) is 3. The van der Waals surface area contributed by atoms with E-state index in [2.05, 4.69) is 0 Å². The Morgan fingerprint density at radius 3 is 2.55 bits per heavy atom. The third kappa shape index (κ3) is 1.86. The monoisotopic (exact) mass is 198 g/mol. The molecule has 0 heterocycles. The van der Waals surface area contributed by atoms with Crippen LogP contribution in [0.2, 0.25) is 0 Å². The van der Waals surface area contributed by atoms with Gasteiger partial charge in [0.1, 0.15) is 0 Å². The van der Waals surface area contributed by atoms with Gasteiger partial charge in [0.2, 0.25) is 9.05 Å². The fourth-order valence-corrected chi connectivity index (χ4v) is 3.45. The summed E-state index contributed by atoms with van der Waals surface area (Å²) in [4.78, 5) is 0. The average Bonchev–Trinajstić information content (AvgIpc) is 2.41. The van der Waals surface area contributed by atoms with E-state index in [1.807, 2.05) is 6.92 Å². The zero-order chi connectivity index (χ0) is 8.70. The van der Waals surface area contributed by atoms with Crippen LogP contribution in [0, 0.1) is 5.41 Å². The first kappa shape index (κ1) is 9.29. The average molecular weight is 199 g/mol. The summed E-state index contributed by atoms with van der Waals surface area (Å²) >= 11 is 0. The standard InChI is InChI=1S/C6H11ClO3S/c1-6(4-10-2)3-5(6)11(7,8)9/h5H,3-4H2,1-2H3/t5-,6-/m1/s1. The van der Waals surface area contributed by atoms with Crippen LogP contribution >= 0.6 is 10.7 Å². The summed E-state index contributed by atoms with van der Waals surface area (Å²) in [5.74, 6) is 0. The van der Waals surface area contributed by atoms with E-state index in [1.165, 1.54) is 0 Å². The molecule has 0 aromatic carbocycles. The quantitative estimate of drug-likeness (QED) is 0.635. The van der Waals surface area contributed by atoms with Crippen LogP contribution in [0.5, 0.6) is 0 Å². The molecule has 0 aromatic rings. The lowest BCUT2D eigenvalue weighted by molar-refractivity contribution is 0.150. The van der Waals surface area contributed by atoms with Crippen molar-refractivity contribution >= 4 is 19.7 Å². The molecule has 5 heteroatoms. The Labute approximate surface area is 71.1 Å². The molecule has 0 saturated heterocycles. The van der Waals surface area contributed by atoms with E-state index in [0.717, 1.165) is 0 Å². The van der Waals surface area contributed by atoms with Crippen molar-refractivity contribution in [3.8, 4) is 0 Å². The zero-order valence-electron chi connectivity index (χ0n) is 6.50. The normalized spacial score (nSPS) is 37.2. The first-order valence-corrected chi connectivity index (χ1v) is 5.70. The molecule has 1 aliphatic carbocycles. The molecule has 0 N–H and O–H groups in total. The maximum Gasteiger partial charge on any atom is 0.236 e. The number of ether oxygens (including phenoxy) is 1. The molecule has 66 valence electrons. The molecule has 0 radical (unpaired) electrons. The Hall–Kier alpha value is 0.200. The largest absolute Gasteiger partial charge is 0.384 e. The molecule has 0 spiro atoms. The van der Waals surface area contributed by atoms with E-state index in [-0.39, 0.29) is 5.41 Å². The van der Waals surface area contributed by atoms with Crippen molar-refractivity contribution in [2.75, 3.05) is 13.7 Å². The van der Waals surface area contributed by atoms with Crippen molar-refractivity contribution in [1.29, 1.82) is 0 Å². The molecular formula is C6H11ClO3S. The second kappa shape index (κ2) is 2.61. The first-order chi connectivity index (χ1) is 4.90. The lowest BCUT2D eigenvalue weighted by Crippen LogP contribution is -2.13. The minimum absolute atomic E-state index is 0.241. The van der Waals surface area contributed by atoms with E-state index >= 15 is 0 Å². The van der Waals surface area contributed by atoms with Gasteiger partial charge in [-0.25, -0.2) is 8.42 Å². The summed E-state index contributed by atoms with van der Waals surface area (Å²) in [7, 11) is 3.36. The van der Waals surface area contributed by atoms with Gasteiger partial charge in [0.05, 0.1) is 11.9 Å². The highest BCUT2D eigenvalue weighted by Crippen LogP contribution is 2.51. The minimum atomic E-state index is -3.37. The molecule has 1 rings (SSSR count). The number of halogens is 1. The predicted octanol–water partition coefficient (Wildman–Crippen LogP) is 0.980. The summed E-state index contributed by atoms with van der Waals surface area (Å²) in [6.45, 7) is 2.32. The molecule has 2 atom stereocenters. The molecule has 11 heavy (non-hydrogen) atoms. The highest BCUT2D eigenvalue weighted by Gasteiger charge is 2.57. The second-order valence-corrected chi connectivity index (χ2v) is 6.07. The molecule has 1 aliphatic rings. The summed E-state index contributed by atoms with van der Waals surface area (Å²) in [6.07, 6.45) is 0.618. The van der Waals surface area contributed by atoms with Gasteiger partial charge in [-0.05, 0) is 6.42 Å². The van der Waals surface area contributed by atoms with Crippen molar-refractivity contribution in [3.63, 3.8) is 0 Å². The first-order valence-electron chi connectivity index (χ1n) is 3.32. The lowest BCUT2D eigenvalue weighted by Gasteiger charge is -2.06. The van der Waals surface area contributed by atoms with E-state index < -0.39 is 14.3 Å². The van der Waals surface area contributed by atoms with E-state index in [9.17, 15) is 8.42 Å². The Balaban J connectivity index is 2.60. The van der Waals surface area contributed by atoms with Gasteiger partial charge in [-0.2, -0.15) is 0 Å². The van der Waals surface area contributed by atoms with Crippen LogP contribution in [0.1, 0.15) is 13.3 Å². The van der Waals surface area contributed by atoms with Crippen LogP contribution in [0.15, 0.2) is 0 Å². The molecule has 0 unspecified atom stereocenters. The number of hydrogen-bond donors (Lipinski definition) is 0.